The molecule has 2 aromatic carbocycles. The van der Waals surface area contributed by atoms with Crippen molar-refractivity contribution in [2.45, 2.75) is 19.9 Å². The Morgan fingerprint density at radius 2 is 1.83 bits per heavy atom. The van der Waals surface area contributed by atoms with Crippen molar-refractivity contribution in [2.24, 2.45) is 5.92 Å². The monoisotopic (exact) mass is 399 g/mol. The second-order valence-corrected chi connectivity index (χ2v) is 6.95. The third-order valence-electron chi connectivity index (χ3n) is 5.05. The lowest BCUT2D eigenvalue weighted by molar-refractivity contribution is -0.120. The first-order valence-corrected chi connectivity index (χ1v) is 9.37. The number of ketones is 2. The summed E-state index contributed by atoms with van der Waals surface area (Å²) in [6.45, 7) is 1.67. The minimum Gasteiger partial charge on any atom is -0.358 e. The number of fused-ring (bicyclic) bond motifs is 2. The van der Waals surface area contributed by atoms with Crippen LogP contribution in [0.1, 0.15) is 22.5 Å². The number of H-pyrrole nitrogens is 1. The van der Waals surface area contributed by atoms with E-state index in [4.69, 9.17) is 0 Å². The van der Waals surface area contributed by atoms with Gasteiger partial charge in [-0.05, 0) is 25.1 Å². The van der Waals surface area contributed by atoms with E-state index in [9.17, 15) is 19.6 Å². The van der Waals surface area contributed by atoms with Gasteiger partial charge in [-0.3, -0.25) is 14.4 Å². The van der Waals surface area contributed by atoms with Crippen LogP contribution in [0.15, 0.2) is 53.3 Å². The average Bonchev–Trinajstić information content (AvgIpc) is 3.09. The Morgan fingerprint density at radius 3 is 2.60 bits per heavy atom. The second kappa shape index (κ2) is 7.72. The fraction of sp³-hybridized carbons (Fsp3) is 0.182. The van der Waals surface area contributed by atoms with Gasteiger partial charge >= 0.3 is 0 Å². The quantitative estimate of drug-likeness (QED) is 0.393. The number of Topliss-reactive ketones (excluding diaryl/α,β-unsaturated/α-hetero) is 2. The Balaban J connectivity index is 1.57. The third-order valence-corrected chi connectivity index (χ3v) is 5.05. The Kier molecular flexibility index (Phi) is 4.94. The normalized spacial score (nSPS) is 12.0. The van der Waals surface area contributed by atoms with Crippen LogP contribution >= 0.6 is 0 Å². The molecular weight excluding hydrogens is 382 g/mol. The summed E-state index contributed by atoms with van der Waals surface area (Å²) >= 11 is 0. The lowest BCUT2D eigenvalue weighted by Crippen LogP contribution is -2.28. The molecular formula is C22H17N5O3. The number of carbonyl (C=O) groups excluding carboxylic acids is 2. The van der Waals surface area contributed by atoms with Gasteiger partial charge in [0.25, 0.3) is 5.56 Å². The van der Waals surface area contributed by atoms with Crippen molar-refractivity contribution in [1.82, 2.24) is 20.0 Å². The number of hydrogen-bond acceptors (Lipinski definition) is 6. The first kappa shape index (κ1) is 19.2. The predicted octanol–water partition coefficient (Wildman–Crippen LogP) is 2.56. The van der Waals surface area contributed by atoms with Crippen LogP contribution in [0, 0.1) is 24.2 Å². The molecule has 0 bridgehead atoms. The minimum absolute atomic E-state index is 0.0617. The molecule has 4 aromatic rings. The lowest BCUT2D eigenvalue weighted by Gasteiger charge is -2.09. The number of hydrogen-bond donors (Lipinski definition) is 1. The first-order chi connectivity index (χ1) is 14.5. The van der Waals surface area contributed by atoms with Crippen molar-refractivity contribution in [2.75, 3.05) is 0 Å². The molecule has 1 N–H and O–H groups in total. The zero-order chi connectivity index (χ0) is 21.3. The van der Waals surface area contributed by atoms with Gasteiger partial charge in [0.05, 0.1) is 18.0 Å². The smallest absolute Gasteiger partial charge is 0.277 e. The number of nitrogens with one attached hydrogen (secondary N) is 1. The van der Waals surface area contributed by atoms with E-state index in [0.29, 0.717) is 27.5 Å². The number of nitrogens with zero attached hydrogens (tertiary/aromatic N) is 4. The number of para-hydroxylation sites is 1. The number of carbonyl (C=O) groups is 2. The molecule has 0 aliphatic heterocycles. The molecule has 2 heterocycles. The van der Waals surface area contributed by atoms with E-state index in [1.54, 1.807) is 43.3 Å². The lowest BCUT2D eigenvalue weighted by atomic mass is 9.92. The Labute approximate surface area is 170 Å². The number of aromatic amines is 1. The van der Waals surface area contributed by atoms with Crippen LogP contribution in [0.3, 0.4) is 0 Å². The molecule has 1 unspecified atom stereocenters. The summed E-state index contributed by atoms with van der Waals surface area (Å²) in [6.07, 6.45) is -0.182. The Bertz CT molecular complexity index is 1390. The Morgan fingerprint density at radius 1 is 1.13 bits per heavy atom. The molecule has 0 aliphatic carbocycles. The van der Waals surface area contributed by atoms with Crippen LogP contribution in [-0.2, 0) is 11.3 Å². The number of rotatable bonds is 6. The zero-order valence-corrected chi connectivity index (χ0v) is 16.1. The van der Waals surface area contributed by atoms with E-state index < -0.39 is 17.5 Å². The third kappa shape index (κ3) is 3.26. The van der Waals surface area contributed by atoms with E-state index in [1.807, 2.05) is 18.2 Å². The number of nitriles is 1. The maximum Gasteiger partial charge on any atom is 0.277 e. The predicted molar refractivity (Wildman–Crippen MR) is 110 cm³/mol. The molecule has 0 saturated heterocycles. The highest BCUT2D eigenvalue weighted by Gasteiger charge is 2.30. The largest absolute Gasteiger partial charge is 0.358 e. The van der Waals surface area contributed by atoms with Crippen LogP contribution in [-0.4, -0.2) is 31.5 Å². The Hall–Kier alpha value is -4.12. The van der Waals surface area contributed by atoms with Crippen LogP contribution in [0.2, 0.25) is 0 Å². The molecule has 148 valence electrons. The molecule has 0 aliphatic rings. The van der Waals surface area contributed by atoms with Gasteiger partial charge in [0, 0.05) is 28.6 Å². The van der Waals surface area contributed by atoms with E-state index >= 15 is 0 Å². The SMILES string of the molecule is Cc1[nH]c2ccccc2c1C(=O)C(C#N)C(=O)CCn1nnc2ccccc2c1=O. The van der Waals surface area contributed by atoms with Crippen molar-refractivity contribution in [3.05, 3.63) is 70.1 Å². The van der Waals surface area contributed by atoms with Crippen molar-refractivity contribution in [3.63, 3.8) is 0 Å². The van der Waals surface area contributed by atoms with Gasteiger partial charge in [0.15, 0.2) is 17.5 Å². The van der Waals surface area contributed by atoms with E-state index in [-0.39, 0.29) is 18.5 Å². The molecule has 8 nitrogen and oxygen atoms in total. The molecule has 0 saturated carbocycles. The van der Waals surface area contributed by atoms with E-state index in [0.717, 1.165) is 10.2 Å². The van der Waals surface area contributed by atoms with Crippen molar-refractivity contribution in [3.8, 4) is 6.07 Å². The highest BCUT2D eigenvalue weighted by Crippen LogP contribution is 2.25. The van der Waals surface area contributed by atoms with Gasteiger partial charge in [0.2, 0.25) is 0 Å². The van der Waals surface area contributed by atoms with Gasteiger partial charge in [-0.2, -0.15) is 5.26 Å². The van der Waals surface area contributed by atoms with Crippen LogP contribution in [0.5, 0.6) is 0 Å². The topological polar surface area (TPSA) is 122 Å². The average molecular weight is 399 g/mol. The highest BCUT2D eigenvalue weighted by atomic mass is 16.2. The van der Waals surface area contributed by atoms with Gasteiger partial charge in [0.1, 0.15) is 5.52 Å². The number of aryl methyl sites for hydroxylation is 2. The van der Waals surface area contributed by atoms with E-state index in [1.165, 1.54) is 0 Å². The number of benzene rings is 2. The molecule has 30 heavy (non-hydrogen) atoms. The van der Waals surface area contributed by atoms with Crippen LogP contribution < -0.4 is 5.56 Å². The summed E-state index contributed by atoms with van der Waals surface area (Å²) in [6, 6.07) is 15.8. The molecule has 0 amide bonds. The molecule has 0 radical (unpaired) electrons. The summed E-state index contributed by atoms with van der Waals surface area (Å²) in [5.74, 6) is -2.56. The van der Waals surface area contributed by atoms with Gasteiger partial charge in [-0.15, -0.1) is 5.10 Å². The van der Waals surface area contributed by atoms with Crippen molar-refractivity contribution < 1.29 is 9.59 Å². The zero-order valence-electron chi connectivity index (χ0n) is 16.1. The molecule has 0 fully saturated rings. The van der Waals surface area contributed by atoms with E-state index in [2.05, 4.69) is 15.3 Å². The summed E-state index contributed by atoms with van der Waals surface area (Å²) in [7, 11) is 0. The highest BCUT2D eigenvalue weighted by molar-refractivity contribution is 6.18. The van der Waals surface area contributed by atoms with Crippen LogP contribution in [0.4, 0.5) is 0 Å². The first-order valence-electron chi connectivity index (χ1n) is 9.37. The standard InChI is InChI=1S/C22H17N5O3/c1-13-20(14-6-2-4-8-17(14)24-13)21(29)16(12-23)19(28)10-11-27-22(30)15-7-3-5-9-18(15)25-26-27/h2-9,16,24H,10-11H2,1H3. The van der Waals surface area contributed by atoms with Crippen molar-refractivity contribution >= 4 is 33.4 Å². The fourth-order valence-electron chi connectivity index (χ4n) is 3.55. The van der Waals surface area contributed by atoms with Gasteiger partial charge < -0.3 is 4.98 Å². The summed E-state index contributed by atoms with van der Waals surface area (Å²) in [5, 5.41) is 18.4. The molecule has 8 heteroatoms. The summed E-state index contributed by atoms with van der Waals surface area (Å²) in [5.41, 5.74) is 1.80. The molecule has 4 rings (SSSR count). The minimum atomic E-state index is -1.45. The summed E-state index contributed by atoms with van der Waals surface area (Å²) in [4.78, 5) is 41.3. The van der Waals surface area contributed by atoms with Crippen molar-refractivity contribution in [1.29, 1.82) is 5.26 Å². The maximum atomic E-state index is 13.0. The van der Waals surface area contributed by atoms with Gasteiger partial charge in [-0.1, -0.05) is 35.5 Å². The summed E-state index contributed by atoms with van der Waals surface area (Å²) < 4.78 is 1.08. The molecule has 0 spiro atoms. The molecule has 2 aromatic heterocycles. The fourth-order valence-corrected chi connectivity index (χ4v) is 3.55. The molecule has 1 atom stereocenters. The van der Waals surface area contributed by atoms with Gasteiger partial charge in [-0.25, -0.2) is 4.68 Å². The second-order valence-electron chi connectivity index (χ2n) is 6.95. The van der Waals surface area contributed by atoms with Crippen LogP contribution in [0.25, 0.3) is 21.8 Å². The maximum absolute atomic E-state index is 13.0. The number of aromatic nitrogens is 4.